The number of rotatable bonds is 6. The smallest absolute Gasteiger partial charge is 0.243 e. The van der Waals surface area contributed by atoms with Gasteiger partial charge in [0.1, 0.15) is 6.54 Å². The summed E-state index contributed by atoms with van der Waals surface area (Å²) in [5.41, 5.74) is -0.274. The molecule has 7 heteroatoms. The number of aliphatic imine (C=N–C) groups is 1. The highest BCUT2D eigenvalue weighted by Gasteiger charge is 2.20. The summed E-state index contributed by atoms with van der Waals surface area (Å²) in [6, 6.07) is 0.455. The maximum Gasteiger partial charge on any atom is 0.243 e. The summed E-state index contributed by atoms with van der Waals surface area (Å²) in [5, 5.41) is 6.69. The fraction of sp³-hybridized carbons (Fsp3) is 0.867. The normalized spacial score (nSPS) is 16.1. The first kappa shape index (κ1) is 21.4. The Morgan fingerprint density at radius 3 is 2.41 bits per heavy atom. The van der Waals surface area contributed by atoms with E-state index in [-0.39, 0.29) is 42.0 Å². The van der Waals surface area contributed by atoms with E-state index in [2.05, 4.69) is 15.6 Å². The molecule has 2 N–H and O–H groups in total. The van der Waals surface area contributed by atoms with Crippen LogP contribution in [0.2, 0.25) is 0 Å². The monoisotopic (exact) mass is 426 g/mol. The van der Waals surface area contributed by atoms with E-state index in [4.69, 9.17) is 4.74 Å². The number of methoxy groups -OCH3 is 1. The molecule has 0 aliphatic heterocycles. The van der Waals surface area contributed by atoms with E-state index in [9.17, 15) is 4.79 Å². The number of amides is 1. The van der Waals surface area contributed by atoms with Crippen LogP contribution in [0.25, 0.3) is 0 Å². The Balaban J connectivity index is 0.00000441. The molecule has 0 atom stereocenters. The van der Waals surface area contributed by atoms with Crippen LogP contribution in [0, 0.1) is 0 Å². The van der Waals surface area contributed by atoms with Gasteiger partial charge in [-0.1, -0.05) is 12.8 Å². The van der Waals surface area contributed by atoms with Gasteiger partial charge in [0.15, 0.2) is 5.96 Å². The van der Waals surface area contributed by atoms with Crippen molar-refractivity contribution in [3.63, 3.8) is 0 Å². The molecule has 130 valence electrons. The Morgan fingerprint density at radius 1 is 1.32 bits per heavy atom. The first-order chi connectivity index (χ1) is 9.84. The van der Waals surface area contributed by atoms with E-state index >= 15 is 0 Å². The van der Waals surface area contributed by atoms with Gasteiger partial charge in [-0.25, -0.2) is 4.99 Å². The predicted molar refractivity (Wildman–Crippen MR) is 101 cm³/mol. The molecule has 1 fully saturated rings. The minimum Gasteiger partial charge on any atom is -0.377 e. The molecule has 1 aliphatic carbocycles. The number of carbonyl (C=O) groups is 1. The maximum atomic E-state index is 11.7. The van der Waals surface area contributed by atoms with Crippen molar-refractivity contribution in [1.82, 2.24) is 15.5 Å². The van der Waals surface area contributed by atoms with E-state index < -0.39 is 0 Å². The van der Waals surface area contributed by atoms with Gasteiger partial charge in [0.05, 0.1) is 5.60 Å². The molecule has 0 aromatic heterocycles. The zero-order valence-electron chi connectivity index (χ0n) is 14.4. The molecular formula is C15H31IN4O2. The van der Waals surface area contributed by atoms with Crippen molar-refractivity contribution >= 4 is 35.8 Å². The molecule has 0 bridgehead atoms. The highest BCUT2D eigenvalue weighted by Crippen LogP contribution is 2.17. The van der Waals surface area contributed by atoms with Crippen LogP contribution < -0.4 is 10.6 Å². The molecule has 22 heavy (non-hydrogen) atoms. The highest BCUT2D eigenvalue weighted by molar-refractivity contribution is 14.0. The molecule has 1 aliphatic rings. The number of halogens is 1. The molecule has 0 aromatic rings. The molecule has 0 radical (unpaired) electrons. The topological polar surface area (TPSA) is 66.0 Å². The summed E-state index contributed by atoms with van der Waals surface area (Å²) in [6.07, 6.45) is 4.84. The van der Waals surface area contributed by atoms with Gasteiger partial charge < -0.3 is 20.3 Å². The lowest BCUT2D eigenvalue weighted by molar-refractivity contribution is -0.127. The van der Waals surface area contributed by atoms with Crippen LogP contribution in [0.3, 0.4) is 0 Å². The van der Waals surface area contributed by atoms with E-state index in [1.165, 1.54) is 12.8 Å². The number of hydrogen-bond acceptors (Lipinski definition) is 3. The van der Waals surface area contributed by atoms with Crippen LogP contribution in [0.1, 0.15) is 39.5 Å². The highest BCUT2D eigenvalue weighted by atomic mass is 127. The zero-order valence-corrected chi connectivity index (χ0v) is 16.8. The quantitative estimate of drug-likeness (QED) is 0.385. The van der Waals surface area contributed by atoms with Gasteiger partial charge in [0.2, 0.25) is 5.91 Å². The minimum atomic E-state index is -0.274. The second kappa shape index (κ2) is 10.3. The van der Waals surface area contributed by atoms with E-state index in [1.807, 2.05) is 13.8 Å². The van der Waals surface area contributed by atoms with Crippen molar-refractivity contribution < 1.29 is 9.53 Å². The van der Waals surface area contributed by atoms with Gasteiger partial charge in [-0.15, -0.1) is 24.0 Å². The van der Waals surface area contributed by atoms with E-state index in [1.54, 1.807) is 26.1 Å². The summed E-state index contributed by atoms with van der Waals surface area (Å²) < 4.78 is 5.40. The summed E-state index contributed by atoms with van der Waals surface area (Å²) in [4.78, 5) is 17.6. The van der Waals surface area contributed by atoms with Crippen LogP contribution in [-0.4, -0.2) is 62.7 Å². The molecule has 0 spiro atoms. The average molecular weight is 426 g/mol. The molecule has 1 amide bonds. The third kappa shape index (κ3) is 8.17. The third-order valence-electron chi connectivity index (χ3n) is 3.80. The van der Waals surface area contributed by atoms with Gasteiger partial charge in [-0.3, -0.25) is 4.79 Å². The number of carbonyl (C=O) groups excluding carboxylic acids is 1. The lowest BCUT2D eigenvalue weighted by Crippen LogP contribution is -2.48. The zero-order chi connectivity index (χ0) is 15.9. The van der Waals surface area contributed by atoms with Crippen molar-refractivity contribution in [3.05, 3.63) is 0 Å². The fourth-order valence-electron chi connectivity index (χ4n) is 2.07. The van der Waals surface area contributed by atoms with Crippen molar-refractivity contribution in [2.45, 2.75) is 51.2 Å². The summed E-state index contributed by atoms with van der Waals surface area (Å²) in [7, 11) is 5.17. The Labute approximate surface area is 151 Å². The van der Waals surface area contributed by atoms with E-state index in [0.29, 0.717) is 18.5 Å². The first-order valence-corrected chi connectivity index (χ1v) is 7.64. The largest absolute Gasteiger partial charge is 0.377 e. The van der Waals surface area contributed by atoms with Crippen LogP contribution in [-0.2, 0) is 9.53 Å². The summed E-state index contributed by atoms with van der Waals surface area (Å²) in [5.74, 6) is 0.691. The second-order valence-corrected chi connectivity index (χ2v) is 6.40. The number of nitrogens with zero attached hydrogens (tertiary/aromatic N) is 2. The van der Waals surface area contributed by atoms with Gasteiger partial charge in [-0.05, 0) is 26.7 Å². The number of guanidine groups is 1. The van der Waals surface area contributed by atoms with Crippen LogP contribution in [0.4, 0.5) is 0 Å². The summed E-state index contributed by atoms with van der Waals surface area (Å²) >= 11 is 0. The van der Waals surface area contributed by atoms with Crippen molar-refractivity contribution in [2.24, 2.45) is 4.99 Å². The molecule has 1 rings (SSSR count). The van der Waals surface area contributed by atoms with Crippen molar-refractivity contribution in [1.29, 1.82) is 0 Å². The van der Waals surface area contributed by atoms with Crippen molar-refractivity contribution in [2.75, 3.05) is 34.3 Å². The number of likely N-dealkylation sites (N-methyl/N-ethyl adjacent to an activating group) is 1. The Hall–Kier alpha value is -0.570. The SMILES string of the molecule is COC(C)(C)CNC(=NCC(=O)N(C)C)NC1CCCC1.I. The van der Waals surface area contributed by atoms with Gasteiger partial charge in [0, 0.05) is 33.8 Å². The average Bonchev–Trinajstić information content (AvgIpc) is 2.94. The first-order valence-electron chi connectivity index (χ1n) is 7.64. The van der Waals surface area contributed by atoms with Crippen molar-refractivity contribution in [3.8, 4) is 0 Å². The Kier molecular flexibility index (Phi) is 9.99. The number of ether oxygens (including phenoxy) is 1. The van der Waals surface area contributed by atoms with Gasteiger partial charge in [-0.2, -0.15) is 0 Å². The van der Waals surface area contributed by atoms with Crippen LogP contribution in [0.5, 0.6) is 0 Å². The Bertz CT molecular complexity index is 367. The molecule has 6 nitrogen and oxygen atoms in total. The molecule has 0 aromatic carbocycles. The van der Waals surface area contributed by atoms with Gasteiger partial charge in [0.25, 0.3) is 0 Å². The lowest BCUT2D eigenvalue weighted by atomic mass is 10.1. The third-order valence-corrected chi connectivity index (χ3v) is 3.80. The number of nitrogens with one attached hydrogen (secondary N) is 2. The second-order valence-electron chi connectivity index (χ2n) is 6.40. The molecule has 0 saturated heterocycles. The fourth-order valence-corrected chi connectivity index (χ4v) is 2.07. The van der Waals surface area contributed by atoms with Crippen LogP contribution in [0.15, 0.2) is 4.99 Å². The molecule has 1 saturated carbocycles. The van der Waals surface area contributed by atoms with Crippen LogP contribution >= 0.6 is 24.0 Å². The predicted octanol–water partition coefficient (Wildman–Crippen LogP) is 1.60. The standard InChI is InChI=1S/C15H30N4O2.HI/c1-15(2,21-5)11-17-14(16-10-13(20)19(3)4)18-12-8-6-7-9-12;/h12H,6-11H2,1-5H3,(H2,16,17,18);1H. The molecule has 0 heterocycles. The molecular weight excluding hydrogens is 395 g/mol. The Morgan fingerprint density at radius 2 is 1.91 bits per heavy atom. The van der Waals surface area contributed by atoms with Gasteiger partial charge >= 0.3 is 0 Å². The lowest BCUT2D eigenvalue weighted by Gasteiger charge is -2.25. The number of hydrogen-bond donors (Lipinski definition) is 2. The minimum absolute atomic E-state index is 0. The maximum absolute atomic E-state index is 11.7. The van der Waals surface area contributed by atoms with E-state index in [0.717, 1.165) is 12.8 Å². The summed E-state index contributed by atoms with van der Waals surface area (Å²) in [6.45, 7) is 4.82. The molecule has 0 unspecified atom stereocenters.